The Labute approximate surface area is 126 Å². The number of β-amino-alcohol motifs (C(OH)–C–C–N with tert-alkyl or cyclic N) is 1. The lowest BCUT2D eigenvalue weighted by molar-refractivity contribution is 0.107. The standard InChI is InChI=1S/C13H17ClN4OS/c14-12-10-1-8-20-13(10)16-11(15-12)9-18-4-2-17(3-5-18)6-7-19/h1,8,19H,2-7,9H2. The van der Waals surface area contributed by atoms with Crippen molar-refractivity contribution in [2.75, 3.05) is 39.3 Å². The molecule has 0 radical (unpaired) electrons. The second-order valence-electron chi connectivity index (χ2n) is 4.91. The van der Waals surface area contributed by atoms with Crippen molar-refractivity contribution < 1.29 is 5.11 Å². The molecule has 0 amide bonds. The van der Waals surface area contributed by atoms with Crippen LogP contribution >= 0.6 is 22.9 Å². The molecule has 0 aliphatic carbocycles. The number of rotatable bonds is 4. The van der Waals surface area contributed by atoms with E-state index in [1.807, 2.05) is 11.4 Å². The van der Waals surface area contributed by atoms with Crippen LogP contribution in [0.1, 0.15) is 5.82 Å². The Bertz CT molecular complexity index is 583. The summed E-state index contributed by atoms with van der Waals surface area (Å²) in [4.78, 5) is 14.5. The number of thiophene rings is 1. The molecule has 1 N–H and O–H groups in total. The van der Waals surface area contributed by atoms with Gasteiger partial charge < -0.3 is 5.11 Å². The minimum absolute atomic E-state index is 0.230. The van der Waals surface area contributed by atoms with Gasteiger partial charge in [0.15, 0.2) is 0 Å². The lowest BCUT2D eigenvalue weighted by Crippen LogP contribution is -2.46. The minimum atomic E-state index is 0.230. The zero-order valence-corrected chi connectivity index (χ0v) is 12.7. The molecule has 1 aliphatic heterocycles. The van der Waals surface area contributed by atoms with Gasteiger partial charge in [-0.1, -0.05) is 11.6 Å². The molecule has 0 bridgehead atoms. The molecule has 1 saturated heterocycles. The van der Waals surface area contributed by atoms with E-state index in [0.29, 0.717) is 5.15 Å². The number of hydrogen-bond donors (Lipinski definition) is 1. The first-order valence-corrected chi connectivity index (χ1v) is 7.97. The van der Waals surface area contributed by atoms with Crippen LogP contribution in [0.15, 0.2) is 11.4 Å². The van der Waals surface area contributed by atoms with Gasteiger partial charge in [0, 0.05) is 38.1 Å². The summed E-state index contributed by atoms with van der Waals surface area (Å²) in [5.74, 6) is 0.792. The van der Waals surface area contributed by atoms with Crippen LogP contribution < -0.4 is 0 Å². The number of piperazine rings is 1. The van der Waals surface area contributed by atoms with Crippen molar-refractivity contribution in [2.24, 2.45) is 0 Å². The molecule has 2 aromatic rings. The number of nitrogens with zero attached hydrogens (tertiary/aromatic N) is 4. The first-order chi connectivity index (χ1) is 9.76. The second kappa shape index (κ2) is 6.32. The number of fused-ring (bicyclic) bond motifs is 1. The summed E-state index contributed by atoms with van der Waals surface area (Å²) in [6.45, 7) is 5.64. The Hall–Kier alpha value is -0.790. The van der Waals surface area contributed by atoms with Crippen molar-refractivity contribution in [3.8, 4) is 0 Å². The number of aliphatic hydroxyl groups excluding tert-OH is 1. The van der Waals surface area contributed by atoms with E-state index in [1.165, 1.54) is 0 Å². The Balaban J connectivity index is 1.65. The Kier molecular flexibility index (Phi) is 4.48. The zero-order chi connectivity index (χ0) is 13.9. The summed E-state index contributed by atoms with van der Waals surface area (Å²) >= 11 is 7.78. The van der Waals surface area contributed by atoms with Crippen molar-refractivity contribution in [3.63, 3.8) is 0 Å². The van der Waals surface area contributed by atoms with Crippen LogP contribution in [0.25, 0.3) is 10.2 Å². The number of aromatic nitrogens is 2. The molecule has 0 atom stereocenters. The van der Waals surface area contributed by atoms with Crippen LogP contribution in [0.3, 0.4) is 0 Å². The van der Waals surface area contributed by atoms with Crippen LogP contribution in [0, 0.1) is 0 Å². The molecule has 0 unspecified atom stereocenters. The first-order valence-electron chi connectivity index (χ1n) is 6.71. The van der Waals surface area contributed by atoms with E-state index in [1.54, 1.807) is 11.3 Å². The predicted molar refractivity (Wildman–Crippen MR) is 81.2 cm³/mol. The smallest absolute Gasteiger partial charge is 0.145 e. The molecule has 0 spiro atoms. The van der Waals surface area contributed by atoms with Gasteiger partial charge in [-0.15, -0.1) is 11.3 Å². The average molecular weight is 313 g/mol. The predicted octanol–water partition coefficient (Wildman–Crippen LogP) is 1.45. The van der Waals surface area contributed by atoms with E-state index in [0.717, 1.165) is 55.3 Å². The monoisotopic (exact) mass is 312 g/mol. The van der Waals surface area contributed by atoms with Crippen LogP contribution in [0.2, 0.25) is 5.15 Å². The fourth-order valence-corrected chi connectivity index (χ4v) is 3.53. The maximum Gasteiger partial charge on any atom is 0.145 e. The Morgan fingerprint density at radius 2 is 1.95 bits per heavy atom. The number of aliphatic hydroxyl groups is 1. The summed E-state index contributed by atoms with van der Waals surface area (Å²) in [5, 5.41) is 12.4. The summed E-state index contributed by atoms with van der Waals surface area (Å²) in [7, 11) is 0. The van der Waals surface area contributed by atoms with Crippen LogP contribution in [0.5, 0.6) is 0 Å². The molecule has 5 nitrogen and oxygen atoms in total. The highest BCUT2D eigenvalue weighted by atomic mass is 35.5. The molecular weight excluding hydrogens is 296 g/mol. The normalized spacial score (nSPS) is 17.9. The van der Waals surface area contributed by atoms with Gasteiger partial charge in [-0.3, -0.25) is 9.80 Å². The van der Waals surface area contributed by atoms with Gasteiger partial charge in [-0.2, -0.15) is 0 Å². The van der Waals surface area contributed by atoms with Crippen molar-refractivity contribution in [1.29, 1.82) is 0 Å². The van der Waals surface area contributed by atoms with Crippen LogP contribution in [-0.4, -0.2) is 64.2 Å². The van der Waals surface area contributed by atoms with Crippen LogP contribution in [0.4, 0.5) is 0 Å². The van der Waals surface area contributed by atoms with Gasteiger partial charge in [0.2, 0.25) is 0 Å². The molecule has 3 heterocycles. The molecule has 20 heavy (non-hydrogen) atoms. The van der Waals surface area contributed by atoms with E-state index >= 15 is 0 Å². The lowest BCUT2D eigenvalue weighted by Gasteiger charge is -2.33. The third-order valence-electron chi connectivity index (χ3n) is 3.57. The molecule has 2 aromatic heterocycles. The van der Waals surface area contributed by atoms with Gasteiger partial charge in [-0.05, 0) is 11.4 Å². The van der Waals surface area contributed by atoms with Gasteiger partial charge in [0.1, 0.15) is 15.8 Å². The highest BCUT2D eigenvalue weighted by Crippen LogP contribution is 2.25. The number of halogens is 1. The van der Waals surface area contributed by atoms with Crippen molar-refractivity contribution in [1.82, 2.24) is 19.8 Å². The maximum absolute atomic E-state index is 8.94. The van der Waals surface area contributed by atoms with Gasteiger partial charge in [-0.25, -0.2) is 9.97 Å². The lowest BCUT2D eigenvalue weighted by atomic mass is 10.3. The Morgan fingerprint density at radius 1 is 1.20 bits per heavy atom. The molecule has 3 rings (SSSR count). The maximum atomic E-state index is 8.94. The van der Waals surface area contributed by atoms with E-state index in [9.17, 15) is 0 Å². The molecule has 1 fully saturated rings. The van der Waals surface area contributed by atoms with Crippen LogP contribution in [-0.2, 0) is 6.54 Å². The summed E-state index contributed by atoms with van der Waals surface area (Å²) < 4.78 is 0. The van der Waals surface area contributed by atoms with E-state index in [4.69, 9.17) is 16.7 Å². The van der Waals surface area contributed by atoms with Crippen molar-refractivity contribution >= 4 is 33.2 Å². The van der Waals surface area contributed by atoms with Crippen molar-refractivity contribution in [2.45, 2.75) is 6.54 Å². The largest absolute Gasteiger partial charge is 0.395 e. The summed E-state index contributed by atoms with van der Waals surface area (Å²) in [6.07, 6.45) is 0. The first kappa shape index (κ1) is 14.2. The van der Waals surface area contributed by atoms with Crippen molar-refractivity contribution in [3.05, 3.63) is 22.4 Å². The number of hydrogen-bond acceptors (Lipinski definition) is 6. The SMILES string of the molecule is OCCN1CCN(Cc2nc(Cl)c3ccsc3n2)CC1. The zero-order valence-electron chi connectivity index (χ0n) is 11.1. The van der Waals surface area contributed by atoms with E-state index < -0.39 is 0 Å². The van der Waals surface area contributed by atoms with Gasteiger partial charge in [0.25, 0.3) is 0 Å². The van der Waals surface area contributed by atoms with Gasteiger partial charge in [0.05, 0.1) is 13.2 Å². The molecular formula is C13H17ClN4OS. The fourth-order valence-electron chi connectivity index (χ4n) is 2.44. The quantitative estimate of drug-likeness (QED) is 0.866. The van der Waals surface area contributed by atoms with Gasteiger partial charge >= 0.3 is 0 Å². The average Bonchev–Trinajstić information content (AvgIpc) is 2.90. The molecule has 108 valence electrons. The summed E-state index contributed by atoms with van der Waals surface area (Å²) in [5.41, 5.74) is 0. The second-order valence-corrected chi connectivity index (χ2v) is 6.16. The topological polar surface area (TPSA) is 52.5 Å². The molecule has 7 heteroatoms. The third-order valence-corrected chi connectivity index (χ3v) is 4.67. The highest BCUT2D eigenvalue weighted by molar-refractivity contribution is 7.16. The molecule has 1 aliphatic rings. The van der Waals surface area contributed by atoms with E-state index in [2.05, 4.69) is 19.8 Å². The third kappa shape index (κ3) is 3.10. The highest BCUT2D eigenvalue weighted by Gasteiger charge is 2.18. The Morgan fingerprint density at radius 3 is 2.70 bits per heavy atom. The minimum Gasteiger partial charge on any atom is -0.395 e. The fraction of sp³-hybridized carbons (Fsp3) is 0.538. The molecule has 0 aromatic carbocycles. The molecule has 0 saturated carbocycles. The summed E-state index contributed by atoms with van der Waals surface area (Å²) in [6, 6.07) is 1.96. The van der Waals surface area contributed by atoms with E-state index in [-0.39, 0.29) is 6.61 Å².